The summed E-state index contributed by atoms with van der Waals surface area (Å²) < 4.78 is 24.9. The van der Waals surface area contributed by atoms with Crippen LogP contribution in [0, 0.1) is 5.82 Å². The van der Waals surface area contributed by atoms with Crippen LogP contribution in [-0.2, 0) is 11.2 Å². The van der Waals surface area contributed by atoms with Crippen molar-refractivity contribution in [2.75, 3.05) is 38.2 Å². The number of hydrogen-bond donors (Lipinski definition) is 2. The molecule has 5 heteroatoms. The van der Waals surface area contributed by atoms with Crippen LogP contribution in [0.5, 0.6) is 5.75 Å². The van der Waals surface area contributed by atoms with E-state index in [0.717, 1.165) is 43.7 Å². The lowest BCUT2D eigenvalue weighted by Gasteiger charge is -2.26. The average Bonchev–Trinajstić information content (AvgIpc) is 2.45. The number of morpholine rings is 1. The molecule has 1 aromatic rings. The summed E-state index contributed by atoms with van der Waals surface area (Å²) in [6, 6.07) is 3.04. The lowest BCUT2D eigenvalue weighted by Crippen LogP contribution is -2.41. The average molecular weight is 266 g/mol. The molecule has 2 aliphatic rings. The Morgan fingerprint density at radius 1 is 1.37 bits per heavy atom. The number of aryl methyl sites for hydroxylation is 1. The maximum atomic E-state index is 13.6. The highest BCUT2D eigenvalue weighted by Gasteiger charge is 2.18. The van der Waals surface area contributed by atoms with Crippen LogP contribution in [0.25, 0.3) is 0 Å². The molecule has 1 fully saturated rings. The highest BCUT2D eigenvalue weighted by atomic mass is 19.1. The highest BCUT2D eigenvalue weighted by molar-refractivity contribution is 5.63. The van der Waals surface area contributed by atoms with Crippen LogP contribution in [0.15, 0.2) is 12.1 Å². The van der Waals surface area contributed by atoms with Crippen molar-refractivity contribution >= 4 is 5.69 Å². The lowest BCUT2D eigenvalue weighted by molar-refractivity contribution is 0.000263. The van der Waals surface area contributed by atoms with Gasteiger partial charge in [0, 0.05) is 25.7 Å². The summed E-state index contributed by atoms with van der Waals surface area (Å²) in [6.07, 6.45) is 1.97. The van der Waals surface area contributed by atoms with Crippen molar-refractivity contribution in [2.45, 2.75) is 18.9 Å². The second kappa shape index (κ2) is 5.75. The third kappa shape index (κ3) is 2.98. The first kappa shape index (κ1) is 12.7. The Morgan fingerprint density at radius 2 is 2.32 bits per heavy atom. The monoisotopic (exact) mass is 266 g/mol. The Morgan fingerprint density at radius 3 is 3.16 bits per heavy atom. The maximum absolute atomic E-state index is 13.6. The number of anilines is 1. The van der Waals surface area contributed by atoms with E-state index in [2.05, 4.69) is 10.6 Å². The van der Waals surface area contributed by atoms with Crippen molar-refractivity contribution in [2.24, 2.45) is 0 Å². The van der Waals surface area contributed by atoms with Gasteiger partial charge in [-0.05, 0) is 24.5 Å². The zero-order valence-electron chi connectivity index (χ0n) is 10.9. The number of hydrogen-bond acceptors (Lipinski definition) is 4. The van der Waals surface area contributed by atoms with E-state index in [0.29, 0.717) is 19.0 Å². The van der Waals surface area contributed by atoms with Gasteiger partial charge < -0.3 is 20.1 Å². The molecule has 2 aliphatic heterocycles. The SMILES string of the molecule is Fc1cc2c(c(OC[C@H]3CNCCO3)c1)NCCC2. The molecular weight excluding hydrogens is 247 g/mol. The Balaban J connectivity index is 1.70. The van der Waals surface area contributed by atoms with Crippen molar-refractivity contribution in [1.82, 2.24) is 5.32 Å². The van der Waals surface area contributed by atoms with E-state index in [1.54, 1.807) is 6.07 Å². The van der Waals surface area contributed by atoms with Crippen molar-refractivity contribution in [3.05, 3.63) is 23.5 Å². The Bertz CT molecular complexity index is 447. The summed E-state index contributed by atoms with van der Waals surface area (Å²) in [5.41, 5.74) is 1.94. The Kier molecular flexibility index (Phi) is 3.84. The first-order valence-corrected chi connectivity index (χ1v) is 6.84. The molecule has 104 valence electrons. The summed E-state index contributed by atoms with van der Waals surface area (Å²) in [5.74, 6) is 0.365. The van der Waals surface area contributed by atoms with Crippen molar-refractivity contribution in [3.63, 3.8) is 0 Å². The predicted molar refractivity (Wildman–Crippen MR) is 71.3 cm³/mol. The third-order valence-electron chi connectivity index (χ3n) is 3.50. The number of ether oxygens (including phenoxy) is 2. The molecule has 0 aromatic heterocycles. The molecular formula is C14H19FN2O2. The number of benzene rings is 1. The molecule has 2 N–H and O–H groups in total. The first-order valence-electron chi connectivity index (χ1n) is 6.84. The zero-order valence-corrected chi connectivity index (χ0v) is 10.9. The molecule has 3 rings (SSSR count). The maximum Gasteiger partial charge on any atom is 0.145 e. The third-order valence-corrected chi connectivity index (χ3v) is 3.50. The summed E-state index contributed by atoms with van der Waals surface area (Å²) in [6.45, 7) is 3.73. The van der Waals surface area contributed by atoms with Crippen LogP contribution >= 0.6 is 0 Å². The van der Waals surface area contributed by atoms with E-state index in [9.17, 15) is 4.39 Å². The van der Waals surface area contributed by atoms with Gasteiger partial charge in [-0.1, -0.05) is 0 Å². The molecule has 1 atom stereocenters. The first-order chi connectivity index (χ1) is 9.33. The van der Waals surface area contributed by atoms with Crippen molar-refractivity contribution in [3.8, 4) is 5.75 Å². The molecule has 19 heavy (non-hydrogen) atoms. The molecule has 4 nitrogen and oxygen atoms in total. The summed E-state index contributed by atoms with van der Waals surface area (Å²) in [7, 11) is 0. The lowest BCUT2D eigenvalue weighted by atomic mass is 10.0. The molecule has 0 radical (unpaired) electrons. The highest BCUT2D eigenvalue weighted by Crippen LogP contribution is 2.33. The topological polar surface area (TPSA) is 42.5 Å². The number of fused-ring (bicyclic) bond motifs is 1. The fraction of sp³-hybridized carbons (Fsp3) is 0.571. The molecule has 0 amide bonds. The largest absolute Gasteiger partial charge is 0.489 e. The van der Waals surface area contributed by atoms with Gasteiger partial charge in [-0.2, -0.15) is 0 Å². The molecule has 1 aromatic carbocycles. The van der Waals surface area contributed by atoms with Crippen LogP contribution in [-0.4, -0.2) is 39.0 Å². The van der Waals surface area contributed by atoms with Gasteiger partial charge in [0.25, 0.3) is 0 Å². The second-order valence-electron chi connectivity index (χ2n) is 4.98. The van der Waals surface area contributed by atoms with Gasteiger partial charge in [-0.15, -0.1) is 0 Å². The summed E-state index contributed by atoms with van der Waals surface area (Å²) in [5, 5.41) is 6.55. The minimum Gasteiger partial charge on any atom is -0.489 e. The normalized spacial score (nSPS) is 22.5. The van der Waals surface area contributed by atoms with E-state index in [1.165, 1.54) is 6.07 Å². The quantitative estimate of drug-likeness (QED) is 0.871. The second-order valence-corrected chi connectivity index (χ2v) is 4.98. The van der Waals surface area contributed by atoms with Gasteiger partial charge in [-0.25, -0.2) is 4.39 Å². The van der Waals surface area contributed by atoms with Gasteiger partial charge in [0.15, 0.2) is 0 Å². The number of rotatable bonds is 3. The van der Waals surface area contributed by atoms with Crippen LogP contribution < -0.4 is 15.4 Å². The van der Waals surface area contributed by atoms with E-state index in [4.69, 9.17) is 9.47 Å². The van der Waals surface area contributed by atoms with Crippen LogP contribution in [0.4, 0.5) is 10.1 Å². The van der Waals surface area contributed by atoms with Gasteiger partial charge in [-0.3, -0.25) is 0 Å². The van der Waals surface area contributed by atoms with Crippen LogP contribution in [0.3, 0.4) is 0 Å². The number of halogens is 1. The van der Waals surface area contributed by atoms with Gasteiger partial charge in [0.05, 0.1) is 12.3 Å². The van der Waals surface area contributed by atoms with Gasteiger partial charge in [0.2, 0.25) is 0 Å². The van der Waals surface area contributed by atoms with E-state index < -0.39 is 0 Å². The van der Waals surface area contributed by atoms with Crippen molar-refractivity contribution < 1.29 is 13.9 Å². The van der Waals surface area contributed by atoms with Gasteiger partial charge in [0.1, 0.15) is 24.3 Å². The Labute approximate surface area is 112 Å². The fourth-order valence-corrected chi connectivity index (χ4v) is 2.55. The standard InChI is InChI=1S/C14H19FN2O2/c15-11-6-10-2-1-3-17-14(10)13(7-11)19-9-12-8-16-4-5-18-12/h6-7,12,16-17H,1-5,8-9H2/t12-/m1/s1. The van der Waals surface area contributed by atoms with Crippen LogP contribution in [0.2, 0.25) is 0 Å². The van der Waals surface area contributed by atoms with Gasteiger partial charge >= 0.3 is 0 Å². The fourth-order valence-electron chi connectivity index (χ4n) is 2.55. The van der Waals surface area contributed by atoms with E-state index >= 15 is 0 Å². The molecule has 0 bridgehead atoms. The molecule has 0 aliphatic carbocycles. The van der Waals surface area contributed by atoms with E-state index in [-0.39, 0.29) is 11.9 Å². The zero-order chi connectivity index (χ0) is 13.1. The van der Waals surface area contributed by atoms with Crippen molar-refractivity contribution in [1.29, 1.82) is 0 Å². The minimum absolute atomic E-state index is 0.0382. The molecule has 0 unspecified atom stereocenters. The summed E-state index contributed by atoms with van der Waals surface area (Å²) >= 11 is 0. The Hall–Kier alpha value is -1.33. The van der Waals surface area contributed by atoms with Crippen LogP contribution in [0.1, 0.15) is 12.0 Å². The number of nitrogens with one attached hydrogen (secondary N) is 2. The predicted octanol–water partition coefficient (Wildman–Crippen LogP) is 1.55. The smallest absolute Gasteiger partial charge is 0.145 e. The molecule has 1 saturated heterocycles. The molecule has 2 heterocycles. The molecule has 0 saturated carbocycles. The minimum atomic E-state index is -0.236. The van der Waals surface area contributed by atoms with E-state index in [1.807, 2.05) is 0 Å². The molecule has 0 spiro atoms. The summed E-state index contributed by atoms with van der Waals surface area (Å²) in [4.78, 5) is 0.